The van der Waals surface area contributed by atoms with E-state index < -0.39 is 0 Å². The second-order valence-electron chi connectivity index (χ2n) is 5.59. The molecule has 2 aromatic rings. The molecular formula is C16H17ClN4O. The summed E-state index contributed by atoms with van der Waals surface area (Å²) in [6.45, 7) is 5.82. The Morgan fingerprint density at radius 2 is 2.05 bits per heavy atom. The standard InChI is InChI=1S/C16H17ClN4O/c1-9-6-12(4-5-13(9)17)14-8-15(16(22)19-18-14)21-11(3)7-10(2)20-21/h4-7,15H,8H2,1-3H3,(H,19,22). The third kappa shape index (κ3) is 2.64. The van der Waals surface area contributed by atoms with Crippen molar-refractivity contribution in [2.75, 3.05) is 0 Å². The molecule has 1 unspecified atom stereocenters. The number of amides is 1. The number of aryl methyl sites for hydroxylation is 3. The summed E-state index contributed by atoms with van der Waals surface area (Å²) in [4.78, 5) is 12.2. The fraction of sp³-hybridized carbons (Fsp3) is 0.312. The van der Waals surface area contributed by atoms with Gasteiger partial charge < -0.3 is 0 Å². The molecule has 1 aliphatic heterocycles. The molecule has 0 radical (unpaired) electrons. The van der Waals surface area contributed by atoms with Crippen molar-refractivity contribution in [1.29, 1.82) is 0 Å². The molecule has 1 amide bonds. The molecule has 1 N–H and O–H groups in total. The van der Waals surface area contributed by atoms with E-state index in [9.17, 15) is 4.79 Å². The summed E-state index contributed by atoms with van der Waals surface area (Å²) in [6, 6.07) is 7.34. The molecule has 1 aromatic carbocycles. The maximum Gasteiger partial charge on any atom is 0.265 e. The highest BCUT2D eigenvalue weighted by atomic mass is 35.5. The van der Waals surface area contributed by atoms with Crippen LogP contribution in [0.2, 0.25) is 5.02 Å². The molecule has 1 atom stereocenters. The molecule has 22 heavy (non-hydrogen) atoms. The Balaban J connectivity index is 1.94. The van der Waals surface area contributed by atoms with Gasteiger partial charge in [0.15, 0.2) is 0 Å². The van der Waals surface area contributed by atoms with E-state index in [2.05, 4.69) is 15.6 Å². The first-order chi connectivity index (χ1) is 10.5. The van der Waals surface area contributed by atoms with Crippen LogP contribution in [-0.4, -0.2) is 21.4 Å². The van der Waals surface area contributed by atoms with Crippen LogP contribution in [0.1, 0.15) is 35.0 Å². The average molecular weight is 317 g/mol. The van der Waals surface area contributed by atoms with Crippen molar-refractivity contribution < 1.29 is 4.79 Å². The number of carbonyl (C=O) groups excluding carboxylic acids is 1. The number of halogens is 1. The van der Waals surface area contributed by atoms with Gasteiger partial charge in [-0.15, -0.1) is 0 Å². The predicted octanol–water partition coefficient (Wildman–Crippen LogP) is 2.93. The van der Waals surface area contributed by atoms with Crippen molar-refractivity contribution in [2.45, 2.75) is 33.2 Å². The van der Waals surface area contributed by atoms with E-state index in [-0.39, 0.29) is 11.9 Å². The average Bonchev–Trinajstić information content (AvgIpc) is 2.81. The SMILES string of the molecule is Cc1cc(C)n(C2CC(c3ccc(Cl)c(C)c3)=NNC2=O)n1. The minimum atomic E-state index is -0.378. The first kappa shape index (κ1) is 14.8. The molecular weight excluding hydrogens is 300 g/mol. The van der Waals surface area contributed by atoms with E-state index in [0.717, 1.165) is 33.2 Å². The number of carbonyl (C=O) groups is 1. The van der Waals surface area contributed by atoms with Crippen LogP contribution in [0.5, 0.6) is 0 Å². The van der Waals surface area contributed by atoms with Crippen LogP contribution < -0.4 is 5.43 Å². The highest BCUT2D eigenvalue weighted by molar-refractivity contribution is 6.31. The topological polar surface area (TPSA) is 59.3 Å². The smallest absolute Gasteiger partial charge is 0.265 e. The summed E-state index contributed by atoms with van der Waals surface area (Å²) in [7, 11) is 0. The van der Waals surface area contributed by atoms with Gasteiger partial charge in [0.25, 0.3) is 5.91 Å². The lowest BCUT2D eigenvalue weighted by molar-refractivity contribution is -0.124. The minimum Gasteiger partial charge on any atom is -0.271 e. The van der Waals surface area contributed by atoms with Crippen molar-refractivity contribution in [2.24, 2.45) is 5.10 Å². The zero-order valence-electron chi connectivity index (χ0n) is 12.7. The lowest BCUT2D eigenvalue weighted by Crippen LogP contribution is -2.37. The van der Waals surface area contributed by atoms with E-state index in [4.69, 9.17) is 11.6 Å². The summed E-state index contributed by atoms with van der Waals surface area (Å²) in [5, 5.41) is 9.34. The Hall–Kier alpha value is -2.14. The Morgan fingerprint density at radius 3 is 2.68 bits per heavy atom. The van der Waals surface area contributed by atoms with Crippen LogP contribution in [0.25, 0.3) is 0 Å². The zero-order chi connectivity index (χ0) is 15.9. The van der Waals surface area contributed by atoms with Crippen LogP contribution in [0.4, 0.5) is 0 Å². The monoisotopic (exact) mass is 316 g/mol. The first-order valence-electron chi connectivity index (χ1n) is 7.11. The number of hydrogen-bond donors (Lipinski definition) is 1. The maximum absolute atomic E-state index is 12.2. The molecule has 0 bridgehead atoms. The van der Waals surface area contributed by atoms with Gasteiger partial charge in [-0.05, 0) is 50.1 Å². The third-order valence-electron chi connectivity index (χ3n) is 3.82. The van der Waals surface area contributed by atoms with Crippen LogP contribution in [-0.2, 0) is 4.79 Å². The molecule has 5 nitrogen and oxygen atoms in total. The number of aromatic nitrogens is 2. The van der Waals surface area contributed by atoms with Crippen molar-refractivity contribution >= 4 is 23.2 Å². The largest absolute Gasteiger partial charge is 0.271 e. The van der Waals surface area contributed by atoms with Crippen molar-refractivity contribution in [3.05, 3.63) is 51.8 Å². The molecule has 1 aromatic heterocycles. The van der Waals surface area contributed by atoms with Crippen molar-refractivity contribution in [1.82, 2.24) is 15.2 Å². The number of nitrogens with zero attached hydrogens (tertiary/aromatic N) is 3. The number of benzene rings is 1. The highest BCUT2D eigenvalue weighted by Gasteiger charge is 2.29. The van der Waals surface area contributed by atoms with Gasteiger partial charge in [-0.25, -0.2) is 5.43 Å². The Bertz CT molecular complexity index is 778. The number of nitrogens with one attached hydrogen (secondary N) is 1. The van der Waals surface area contributed by atoms with E-state index in [0.29, 0.717) is 6.42 Å². The van der Waals surface area contributed by atoms with Crippen LogP contribution in [0, 0.1) is 20.8 Å². The Kier molecular flexibility index (Phi) is 3.74. The summed E-state index contributed by atoms with van der Waals surface area (Å²) in [6.07, 6.45) is 0.509. The Morgan fingerprint density at radius 1 is 1.27 bits per heavy atom. The Labute approximate surface area is 134 Å². The quantitative estimate of drug-likeness (QED) is 0.926. The van der Waals surface area contributed by atoms with Gasteiger partial charge in [-0.2, -0.15) is 10.2 Å². The molecule has 1 aliphatic rings. The lowest BCUT2D eigenvalue weighted by atomic mass is 9.99. The normalized spacial score (nSPS) is 18.1. The molecule has 6 heteroatoms. The van der Waals surface area contributed by atoms with E-state index in [1.54, 1.807) is 4.68 Å². The number of rotatable bonds is 2. The van der Waals surface area contributed by atoms with Gasteiger partial charge in [-0.3, -0.25) is 9.48 Å². The molecule has 0 spiro atoms. The summed E-state index contributed by atoms with van der Waals surface area (Å²) in [5.41, 5.74) is 7.25. The van der Waals surface area contributed by atoms with Gasteiger partial charge >= 0.3 is 0 Å². The van der Waals surface area contributed by atoms with Gasteiger partial charge in [-0.1, -0.05) is 17.7 Å². The van der Waals surface area contributed by atoms with Crippen molar-refractivity contribution in [3.63, 3.8) is 0 Å². The molecule has 0 saturated heterocycles. The van der Waals surface area contributed by atoms with Gasteiger partial charge in [0.05, 0.1) is 11.4 Å². The van der Waals surface area contributed by atoms with E-state index >= 15 is 0 Å². The lowest BCUT2D eigenvalue weighted by Gasteiger charge is -2.23. The molecule has 114 valence electrons. The maximum atomic E-state index is 12.2. The van der Waals surface area contributed by atoms with Gasteiger partial charge in [0, 0.05) is 17.1 Å². The van der Waals surface area contributed by atoms with Gasteiger partial charge in [0.2, 0.25) is 0 Å². The van der Waals surface area contributed by atoms with E-state index in [1.165, 1.54) is 0 Å². The highest BCUT2D eigenvalue weighted by Crippen LogP contribution is 2.24. The minimum absolute atomic E-state index is 0.138. The predicted molar refractivity (Wildman–Crippen MR) is 86.2 cm³/mol. The number of hydrogen-bond acceptors (Lipinski definition) is 3. The molecule has 0 saturated carbocycles. The third-order valence-corrected chi connectivity index (χ3v) is 4.25. The molecule has 3 rings (SSSR count). The second kappa shape index (κ2) is 5.57. The summed E-state index contributed by atoms with van der Waals surface area (Å²) in [5.74, 6) is -0.138. The van der Waals surface area contributed by atoms with Crippen LogP contribution >= 0.6 is 11.6 Å². The fourth-order valence-electron chi connectivity index (χ4n) is 2.68. The number of hydrazone groups is 1. The van der Waals surface area contributed by atoms with E-state index in [1.807, 2.05) is 45.0 Å². The summed E-state index contributed by atoms with van der Waals surface area (Å²) < 4.78 is 1.77. The van der Waals surface area contributed by atoms with Crippen molar-refractivity contribution in [3.8, 4) is 0 Å². The fourth-order valence-corrected chi connectivity index (χ4v) is 2.80. The van der Waals surface area contributed by atoms with Gasteiger partial charge in [0.1, 0.15) is 6.04 Å². The van der Waals surface area contributed by atoms with Crippen LogP contribution in [0.15, 0.2) is 29.4 Å². The van der Waals surface area contributed by atoms with Crippen LogP contribution in [0.3, 0.4) is 0 Å². The molecule has 0 fully saturated rings. The summed E-state index contributed by atoms with van der Waals surface area (Å²) >= 11 is 6.07. The zero-order valence-corrected chi connectivity index (χ0v) is 13.5. The molecule has 0 aliphatic carbocycles. The molecule has 2 heterocycles. The second-order valence-corrected chi connectivity index (χ2v) is 6.00. The first-order valence-corrected chi connectivity index (χ1v) is 7.49.